The Morgan fingerprint density at radius 1 is 0.529 bits per heavy atom. The molecule has 1 heterocycles. The predicted molar refractivity (Wildman–Crippen MR) is 209 cm³/mol. The molecule has 1 aliphatic heterocycles. The van der Waals surface area contributed by atoms with Crippen LogP contribution in [0.5, 0.6) is 0 Å². The van der Waals surface area contributed by atoms with Crippen LogP contribution in [0, 0.1) is 0 Å². The molecule has 2 fully saturated rings. The Hall–Kier alpha value is -2.19. The van der Waals surface area contributed by atoms with Gasteiger partial charge in [-0.2, -0.15) is 0 Å². The number of benzene rings is 4. The van der Waals surface area contributed by atoms with Crippen LogP contribution < -0.4 is 24.8 Å². The van der Waals surface area contributed by atoms with Crippen LogP contribution in [-0.4, -0.2) is 0 Å². The van der Waals surface area contributed by atoms with Crippen LogP contribution in [0.15, 0.2) is 96.1 Å². The Morgan fingerprint density at radius 3 is 1.24 bits per heavy atom. The average Bonchev–Trinajstić information content (AvgIpc) is 3.37. The van der Waals surface area contributed by atoms with Crippen molar-refractivity contribution in [3.8, 4) is 22.3 Å². The van der Waals surface area contributed by atoms with Gasteiger partial charge >= 0.3 is 303 Å². The Bertz CT molecular complexity index is 1820. The number of rotatable bonds is 6. The van der Waals surface area contributed by atoms with E-state index in [-0.39, 0.29) is 35.6 Å². The van der Waals surface area contributed by atoms with Crippen molar-refractivity contribution >= 4 is 12.2 Å². The minimum absolute atomic E-state index is 0. The standard InChI is InChI=1S/2C21H23.C6H10.2ClH.Hf/c2*1-5-15-13-17-7-6-8-19(20(17)14-15)16-9-11-18(12-10-16)21(2,3)4;1-2-4-6-5-3-1;;;/h2*6-14H,5H2,1-4H3;1-2H,3-6H2;2*1H;/q;;;;;+2/p-2. The van der Waals surface area contributed by atoms with E-state index in [0.29, 0.717) is 7.35 Å². The number of fused-ring (bicyclic) bond motifs is 3. The summed E-state index contributed by atoms with van der Waals surface area (Å²) in [5.74, 6) is 0. The largest absolute Gasteiger partial charge is 1.00 e. The zero-order chi connectivity index (χ0) is 34.3. The molecule has 0 N–H and O–H groups in total. The minimum atomic E-state index is -3.20. The zero-order valence-corrected chi connectivity index (χ0v) is 37.2. The minimum Gasteiger partial charge on any atom is -1.00 e. The van der Waals surface area contributed by atoms with Gasteiger partial charge in [0.1, 0.15) is 0 Å². The van der Waals surface area contributed by atoms with Crippen molar-refractivity contribution in [3.63, 3.8) is 0 Å². The summed E-state index contributed by atoms with van der Waals surface area (Å²) in [6.45, 7) is 18.8. The second-order valence-electron chi connectivity index (χ2n) is 17.8. The van der Waals surface area contributed by atoms with Gasteiger partial charge in [-0.25, -0.2) is 0 Å². The SMILES string of the molecule is CCC1=Cc2c(-c3ccc(C(C)(C)C)cc3)cccc2[CH]1[Hf+2]1([CH]2C(CC)=Cc3c(-c4ccc(C(C)(C)C)cc4)cccc32)[CH]2CCCC[CH]21.[Cl-].[Cl-]. The van der Waals surface area contributed by atoms with E-state index in [1.54, 1.807) is 33.4 Å². The summed E-state index contributed by atoms with van der Waals surface area (Å²) < 4.78 is 3.44. The van der Waals surface area contributed by atoms with Gasteiger partial charge in [0.05, 0.1) is 0 Å². The van der Waals surface area contributed by atoms with E-state index in [4.69, 9.17) is 0 Å². The molecule has 8 rings (SSSR count). The number of hydrogen-bond donors (Lipinski definition) is 0. The Balaban J connectivity index is 0.00000224. The quantitative estimate of drug-likeness (QED) is 0.171. The maximum atomic E-state index is 2.69. The second-order valence-corrected chi connectivity index (χ2v) is 34.4. The molecule has 51 heavy (non-hydrogen) atoms. The van der Waals surface area contributed by atoms with E-state index in [0.717, 1.165) is 7.35 Å². The molecule has 3 heteroatoms. The molecule has 1 saturated carbocycles. The summed E-state index contributed by atoms with van der Waals surface area (Å²) in [7, 11) is 0. The molecule has 4 aromatic rings. The van der Waals surface area contributed by atoms with Crippen molar-refractivity contribution in [2.45, 2.75) is 119 Å². The Morgan fingerprint density at radius 2 is 0.902 bits per heavy atom. The fourth-order valence-corrected chi connectivity index (χ4v) is 46.6. The normalized spacial score (nSPS) is 23.5. The molecule has 3 aliphatic carbocycles. The fraction of sp³-hybridized carbons (Fsp3) is 0.417. The zero-order valence-electron chi connectivity index (χ0n) is 32.0. The van der Waals surface area contributed by atoms with Gasteiger partial charge in [0.15, 0.2) is 0 Å². The predicted octanol–water partition coefficient (Wildman–Crippen LogP) is 8.34. The van der Waals surface area contributed by atoms with Gasteiger partial charge in [0.2, 0.25) is 0 Å². The third-order valence-corrected chi connectivity index (χ3v) is 38.1. The van der Waals surface area contributed by atoms with E-state index in [1.807, 2.05) is 0 Å². The first-order chi connectivity index (χ1) is 23.5. The smallest absolute Gasteiger partial charge is 1.00 e. The van der Waals surface area contributed by atoms with Gasteiger partial charge < -0.3 is 24.8 Å². The Kier molecular flexibility index (Phi) is 10.7. The summed E-state index contributed by atoms with van der Waals surface area (Å²) in [6.07, 6.45) is 13.6. The van der Waals surface area contributed by atoms with E-state index in [2.05, 4.69) is 152 Å². The second kappa shape index (κ2) is 14.2. The molecule has 4 unspecified atom stereocenters. The Labute approximate surface area is 325 Å². The molecular formula is C48H56Cl2Hf. The van der Waals surface area contributed by atoms with Crippen molar-refractivity contribution in [1.82, 2.24) is 0 Å². The van der Waals surface area contributed by atoms with Gasteiger partial charge in [-0.05, 0) is 0 Å². The van der Waals surface area contributed by atoms with E-state index >= 15 is 0 Å². The molecule has 0 amide bonds. The first kappa shape index (κ1) is 38.5. The molecule has 266 valence electrons. The number of hydrogen-bond acceptors (Lipinski definition) is 0. The van der Waals surface area contributed by atoms with Crippen molar-refractivity contribution in [2.75, 3.05) is 0 Å². The first-order valence-corrected chi connectivity index (χ1v) is 27.7. The summed E-state index contributed by atoms with van der Waals surface area (Å²) >= 11 is -3.20. The monoisotopic (exact) mass is 882 g/mol. The molecule has 0 radical (unpaired) electrons. The average molecular weight is 882 g/mol. The van der Waals surface area contributed by atoms with E-state index in [1.165, 1.54) is 71.9 Å². The number of halogens is 2. The maximum Gasteiger partial charge on any atom is -1.00 e. The van der Waals surface area contributed by atoms with E-state index in [9.17, 15) is 0 Å². The first-order valence-electron chi connectivity index (χ1n) is 19.4. The van der Waals surface area contributed by atoms with Crippen LogP contribution in [0.4, 0.5) is 0 Å². The molecule has 4 atom stereocenters. The molecule has 1 saturated heterocycles. The van der Waals surface area contributed by atoms with Gasteiger partial charge in [-0.15, -0.1) is 0 Å². The van der Waals surface area contributed by atoms with Crippen LogP contribution in [0.25, 0.3) is 34.4 Å². The van der Waals surface area contributed by atoms with Crippen LogP contribution in [0.1, 0.15) is 135 Å². The number of allylic oxidation sites excluding steroid dienone is 2. The van der Waals surface area contributed by atoms with Gasteiger partial charge in [-0.3, -0.25) is 0 Å². The van der Waals surface area contributed by atoms with Crippen molar-refractivity contribution in [3.05, 3.63) is 129 Å². The summed E-state index contributed by atoms with van der Waals surface area (Å²) in [5, 5.41) is 0. The third-order valence-electron chi connectivity index (χ3n) is 13.2. The van der Waals surface area contributed by atoms with Crippen molar-refractivity contribution in [1.29, 1.82) is 0 Å². The molecule has 0 bridgehead atoms. The molecule has 4 aliphatic rings. The van der Waals surface area contributed by atoms with Crippen LogP contribution in [0.3, 0.4) is 0 Å². The third kappa shape index (κ3) is 6.24. The topological polar surface area (TPSA) is 0 Å². The van der Waals surface area contributed by atoms with Gasteiger partial charge in [0, 0.05) is 0 Å². The summed E-state index contributed by atoms with van der Waals surface area (Å²) in [5.41, 5.74) is 18.8. The molecule has 4 aromatic carbocycles. The van der Waals surface area contributed by atoms with Crippen LogP contribution >= 0.6 is 0 Å². The van der Waals surface area contributed by atoms with Crippen LogP contribution in [0.2, 0.25) is 7.35 Å². The van der Waals surface area contributed by atoms with Gasteiger partial charge in [-0.1, -0.05) is 0 Å². The van der Waals surface area contributed by atoms with Gasteiger partial charge in [0.25, 0.3) is 0 Å². The molecule has 0 aromatic heterocycles. The fourth-order valence-electron chi connectivity index (χ4n) is 10.8. The molecule has 0 nitrogen and oxygen atoms in total. The molecule has 0 spiro atoms. The summed E-state index contributed by atoms with van der Waals surface area (Å²) in [4.78, 5) is 0. The summed E-state index contributed by atoms with van der Waals surface area (Å²) in [6, 6.07) is 33.8. The van der Waals surface area contributed by atoms with Crippen LogP contribution in [-0.2, 0) is 30.8 Å². The van der Waals surface area contributed by atoms with Crippen molar-refractivity contribution in [2.24, 2.45) is 0 Å². The maximum absolute atomic E-state index is 3.20. The van der Waals surface area contributed by atoms with E-state index < -0.39 is 20.0 Å². The van der Waals surface area contributed by atoms with Crippen molar-refractivity contribution < 1.29 is 44.8 Å². The molecular weight excluding hydrogens is 826 g/mol.